The smallest absolute Gasteiger partial charge is 0.165 e. The van der Waals surface area contributed by atoms with E-state index in [1.807, 2.05) is 4.68 Å². The van der Waals surface area contributed by atoms with Crippen molar-refractivity contribution >= 4 is 0 Å². The molecule has 1 aliphatic carbocycles. The molecule has 0 bridgehead atoms. The highest BCUT2D eigenvalue weighted by Crippen LogP contribution is 2.20. The first-order valence-electron chi connectivity index (χ1n) is 6.47. The van der Waals surface area contributed by atoms with Crippen molar-refractivity contribution in [1.29, 1.82) is 0 Å². The molecule has 1 N–H and O–H groups in total. The monoisotopic (exact) mass is 239 g/mol. The van der Waals surface area contributed by atoms with E-state index < -0.39 is 0 Å². The topological polar surface area (TPSA) is 64.9 Å². The Morgan fingerprint density at radius 1 is 1.41 bits per heavy atom. The molecule has 0 amide bonds. The molecule has 6 heteroatoms. The lowest BCUT2D eigenvalue weighted by Gasteiger charge is -2.11. The van der Waals surface area contributed by atoms with Gasteiger partial charge in [0.15, 0.2) is 5.82 Å². The van der Waals surface area contributed by atoms with Crippen LogP contribution in [0.15, 0.2) is 0 Å². The van der Waals surface area contributed by atoms with Crippen LogP contribution in [0, 0.1) is 0 Å². The van der Waals surface area contributed by atoms with Gasteiger partial charge in [-0.05, 0) is 29.8 Å². The second-order valence-corrected chi connectivity index (χ2v) is 4.38. The molecule has 1 aromatic rings. The average molecular weight is 239 g/mol. The zero-order valence-corrected chi connectivity index (χ0v) is 10.4. The molecule has 2 rings (SSSR count). The van der Waals surface area contributed by atoms with Crippen molar-refractivity contribution in [2.75, 3.05) is 13.2 Å². The molecule has 17 heavy (non-hydrogen) atoms. The molecule has 0 aromatic carbocycles. The summed E-state index contributed by atoms with van der Waals surface area (Å²) < 4.78 is 7.62. The summed E-state index contributed by atoms with van der Waals surface area (Å²) in [4.78, 5) is 0. The summed E-state index contributed by atoms with van der Waals surface area (Å²) in [6, 6.07) is 0. The van der Waals surface area contributed by atoms with Crippen LogP contribution >= 0.6 is 0 Å². The third-order valence-corrected chi connectivity index (χ3v) is 3.10. The highest BCUT2D eigenvalue weighted by Gasteiger charge is 2.15. The SMILES string of the molecule is CCNCc1nnnn1CCOC1CCCC1. The largest absolute Gasteiger partial charge is 0.376 e. The van der Waals surface area contributed by atoms with E-state index in [0.29, 0.717) is 19.3 Å². The van der Waals surface area contributed by atoms with Gasteiger partial charge in [0.2, 0.25) is 0 Å². The Balaban J connectivity index is 1.72. The fourth-order valence-corrected chi connectivity index (χ4v) is 2.12. The van der Waals surface area contributed by atoms with Crippen LogP contribution in [0.2, 0.25) is 0 Å². The maximum absolute atomic E-state index is 5.80. The number of nitrogens with one attached hydrogen (secondary N) is 1. The first-order chi connectivity index (χ1) is 8.40. The first kappa shape index (κ1) is 12.4. The molecule has 1 aromatic heterocycles. The summed E-state index contributed by atoms with van der Waals surface area (Å²) in [5, 5.41) is 14.9. The van der Waals surface area contributed by atoms with Gasteiger partial charge in [0, 0.05) is 0 Å². The number of ether oxygens (including phenoxy) is 1. The van der Waals surface area contributed by atoms with E-state index in [4.69, 9.17) is 4.74 Å². The summed E-state index contributed by atoms with van der Waals surface area (Å²) in [7, 11) is 0. The van der Waals surface area contributed by atoms with Gasteiger partial charge >= 0.3 is 0 Å². The van der Waals surface area contributed by atoms with E-state index in [1.165, 1.54) is 25.7 Å². The van der Waals surface area contributed by atoms with Crippen molar-refractivity contribution in [3.63, 3.8) is 0 Å². The highest BCUT2D eigenvalue weighted by atomic mass is 16.5. The van der Waals surface area contributed by atoms with Gasteiger partial charge < -0.3 is 10.1 Å². The van der Waals surface area contributed by atoms with Crippen LogP contribution in [0.1, 0.15) is 38.4 Å². The minimum atomic E-state index is 0.462. The average Bonchev–Trinajstić information content (AvgIpc) is 2.98. The Kier molecular flexibility index (Phi) is 4.88. The third-order valence-electron chi connectivity index (χ3n) is 3.10. The lowest BCUT2D eigenvalue weighted by Crippen LogP contribution is -2.19. The first-order valence-corrected chi connectivity index (χ1v) is 6.47. The molecule has 1 heterocycles. The van der Waals surface area contributed by atoms with Crippen LogP contribution in [-0.4, -0.2) is 39.5 Å². The Labute approximate surface area is 102 Å². The predicted molar refractivity (Wildman–Crippen MR) is 63.4 cm³/mol. The van der Waals surface area contributed by atoms with Gasteiger partial charge in [-0.2, -0.15) is 0 Å². The molecular formula is C11H21N5O. The number of hydrogen-bond acceptors (Lipinski definition) is 5. The molecule has 0 spiro atoms. The van der Waals surface area contributed by atoms with Crippen LogP contribution in [0.4, 0.5) is 0 Å². The summed E-state index contributed by atoms with van der Waals surface area (Å²) >= 11 is 0. The Morgan fingerprint density at radius 2 is 2.24 bits per heavy atom. The molecule has 1 aliphatic rings. The standard InChI is InChI=1S/C11H21N5O/c1-2-12-9-11-13-14-15-16(11)7-8-17-10-5-3-4-6-10/h10,12H,2-9H2,1H3. The highest BCUT2D eigenvalue weighted by molar-refractivity contribution is 4.79. The molecule has 0 saturated heterocycles. The van der Waals surface area contributed by atoms with Crippen LogP contribution in [0.25, 0.3) is 0 Å². The molecule has 0 unspecified atom stereocenters. The van der Waals surface area contributed by atoms with Crippen LogP contribution in [0.5, 0.6) is 0 Å². The molecular weight excluding hydrogens is 218 g/mol. The van der Waals surface area contributed by atoms with Crippen LogP contribution < -0.4 is 5.32 Å². The van der Waals surface area contributed by atoms with Gasteiger partial charge in [0.25, 0.3) is 0 Å². The summed E-state index contributed by atoms with van der Waals surface area (Å²) in [6.07, 6.45) is 5.49. The maximum atomic E-state index is 5.80. The van der Waals surface area contributed by atoms with Crippen LogP contribution in [-0.2, 0) is 17.8 Å². The number of hydrogen-bond donors (Lipinski definition) is 1. The normalized spacial score (nSPS) is 16.8. The van der Waals surface area contributed by atoms with Crippen molar-refractivity contribution in [1.82, 2.24) is 25.5 Å². The van der Waals surface area contributed by atoms with E-state index in [-0.39, 0.29) is 0 Å². The fourth-order valence-electron chi connectivity index (χ4n) is 2.12. The Morgan fingerprint density at radius 3 is 3.00 bits per heavy atom. The number of tetrazole rings is 1. The molecule has 0 atom stereocenters. The van der Waals surface area contributed by atoms with Gasteiger partial charge in [-0.1, -0.05) is 19.8 Å². The number of aromatic nitrogens is 4. The minimum Gasteiger partial charge on any atom is -0.376 e. The van der Waals surface area contributed by atoms with Gasteiger partial charge in [-0.15, -0.1) is 5.10 Å². The lowest BCUT2D eigenvalue weighted by molar-refractivity contribution is 0.0507. The quantitative estimate of drug-likeness (QED) is 0.760. The Hall–Kier alpha value is -1.01. The second-order valence-electron chi connectivity index (χ2n) is 4.38. The predicted octanol–water partition coefficient (Wildman–Crippen LogP) is 0.742. The summed E-state index contributed by atoms with van der Waals surface area (Å²) in [6.45, 7) is 5.15. The van der Waals surface area contributed by atoms with Gasteiger partial charge in [0.05, 0.1) is 25.8 Å². The zero-order chi connectivity index (χ0) is 11.9. The minimum absolute atomic E-state index is 0.462. The van der Waals surface area contributed by atoms with E-state index in [9.17, 15) is 0 Å². The lowest BCUT2D eigenvalue weighted by atomic mass is 10.3. The van der Waals surface area contributed by atoms with Crippen molar-refractivity contribution < 1.29 is 4.74 Å². The molecule has 1 saturated carbocycles. The summed E-state index contributed by atoms with van der Waals surface area (Å²) in [5.41, 5.74) is 0. The molecule has 1 fully saturated rings. The molecule has 0 radical (unpaired) electrons. The molecule has 96 valence electrons. The zero-order valence-electron chi connectivity index (χ0n) is 10.4. The van der Waals surface area contributed by atoms with Gasteiger partial charge in [0.1, 0.15) is 0 Å². The van der Waals surface area contributed by atoms with E-state index in [0.717, 1.165) is 18.9 Å². The maximum Gasteiger partial charge on any atom is 0.165 e. The number of nitrogens with zero attached hydrogens (tertiary/aromatic N) is 4. The third kappa shape index (κ3) is 3.74. The van der Waals surface area contributed by atoms with E-state index in [2.05, 4.69) is 27.8 Å². The molecule has 0 aliphatic heterocycles. The van der Waals surface area contributed by atoms with Crippen molar-refractivity contribution in [3.8, 4) is 0 Å². The number of rotatable bonds is 7. The van der Waals surface area contributed by atoms with E-state index in [1.54, 1.807) is 0 Å². The van der Waals surface area contributed by atoms with Crippen molar-refractivity contribution in [3.05, 3.63) is 5.82 Å². The fraction of sp³-hybridized carbons (Fsp3) is 0.909. The Bertz CT molecular complexity index is 321. The van der Waals surface area contributed by atoms with Crippen LogP contribution in [0.3, 0.4) is 0 Å². The van der Waals surface area contributed by atoms with E-state index >= 15 is 0 Å². The van der Waals surface area contributed by atoms with Gasteiger partial charge in [-0.3, -0.25) is 0 Å². The van der Waals surface area contributed by atoms with Crippen molar-refractivity contribution in [2.24, 2.45) is 0 Å². The molecule has 6 nitrogen and oxygen atoms in total. The van der Waals surface area contributed by atoms with Crippen molar-refractivity contribution in [2.45, 2.75) is 51.8 Å². The second kappa shape index (κ2) is 6.66. The van der Waals surface area contributed by atoms with Gasteiger partial charge in [-0.25, -0.2) is 4.68 Å². The summed E-state index contributed by atoms with van der Waals surface area (Å²) in [5.74, 6) is 0.877.